The van der Waals surface area contributed by atoms with E-state index in [1.807, 2.05) is 68.4 Å². The second-order valence-electron chi connectivity index (χ2n) is 5.75. The summed E-state index contributed by atoms with van der Waals surface area (Å²) in [6.45, 7) is 2.20. The quantitative estimate of drug-likeness (QED) is 0.943. The van der Waals surface area contributed by atoms with Crippen LogP contribution in [0.15, 0.2) is 42.5 Å². The molecule has 0 radical (unpaired) electrons. The molecule has 0 fully saturated rings. The fourth-order valence-electron chi connectivity index (χ4n) is 2.47. The van der Waals surface area contributed by atoms with Crippen LogP contribution in [0, 0.1) is 0 Å². The molecule has 5 nitrogen and oxygen atoms in total. The highest BCUT2D eigenvalue weighted by atomic mass is 16.7. The van der Waals surface area contributed by atoms with E-state index in [0.29, 0.717) is 5.56 Å². The molecule has 1 heterocycles. The standard InChI is InChI=1S/C18H20N2O3/c1-12(13-7-8-16-17(10-13)23-11-22-16)19-18(21)14-5-4-6-15(9-14)20(2)3/h4-10,12H,11H2,1-3H3,(H,19,21)/t12-/m0/s1. The highest BCUT2D eigenvalue weighted by molar-refractivity contribution is 5.95. The van der Waals surface area contributed by atoms with Crippen molar-refractivity contribution in [1.29, 1.82) is 0 Å². The van der Waals surface area contributed by atoms with Crippen molar-refractivity contribution in [2.75, 3.05) is 25.8 Å². The number of rotatable bonds is 4. The molecular weight excluding hydrogens is 292 g/mol. The zero-order chi connectivity index (χ0) is 16.4. The summed E-state index contributed by atoms with van der Waals surface area (Å²) in [6, 6.07) is 13.1. The molecule has 3 rings (SSSR count). The molecule has 1 atom stereocenters. The van der Waals surface area contributed by atoms with E-state index >= 15 is 0 Å². The first-order valence-corrected chi connectivity index (χ1v) is 7.52. The molecular formula is C18H20N2O3. The van der Waals surface area contributed by atoms with Gasteiger partial charge in [0.25, 0.3) is 5.91 Å². The molecule has 0 spiro atoms. The molecule has 23 heavy (non-hydrogen) atoms. The summed E-state index contributed by atoms with van der Waals surface area (Å²) in [5.74, 6) is 1.36. The minimum Gasteiger partial charge on any atom is -0.454 e. The Morgan fingerprint density at radius 1 is 1.13 bits per heavy atom. The van der Waals surface area contributed by atoms with E-state index in [4.69, 9.17) is 9.47 Å². The summed E-state index contributed by atoms with van der Waals surface area (Å²) in [5, 5.41) is 3.02. The minimum absolute atomic E-state index is 0.0983. The van der Waals surface area contributed by atoms with E-state index in [1.54, 1.807) is 0 Å². The van der Waals surface area contributed by atoms with E-state index in [9.17, 15) is 4.79 Å². The Kier molecular flexibility index (Phi) is 4.10. The molecule has 5 heteroatoms. The summed E-state index contributed by atoms with van der Waals surface area (Å²) in [5.41, 5.74) is 2.61. The van der Waals surface area contributed by atoms with E-state index < -0.39 is 0 Å². The van der Waals surface area contributed by atoms with Crippen molar-refractivity contribution in [2.45, 2.75) is 13.0 Å². The molecule has 0 aliphatic carbocycles. The molecule has 0 aromatic heterocycles. The van der Waals surface area contributed by atoms with Gasteiger partial charge in [0.05, 0.1) is 6.04 Å². The molecule has 0 bridgehead atoms. The Labute approximate surface area is 135 Å². The van der Waals surface area contributed by atoms with Crippen molar-refractivity contribution in [3.63, 3.8) is 0 Å². The first kappa shape index (κ1) is 15.2. The number of hydrogen-bond acceptors (Lipinski definition) is 4. The largest absolute Gasteiger partial charge is 0.454 e. The maximum atomic E-state index is 12.5. The van der Waals surface area contributed by atoms with Gasteiger partial charge in [0.15, 0.2) is 11.5 Å². The first-order chi connectivity index (χ1) is 11.0. The Balaban J connectivity index is 1.73. The lowest BCUT2D eigenvalue weighted by Crippen LogP contribution is -2.26. The van der Waals surface area contributed by atoms with Gasteiger partial charge in [-0.05, 0) is 42.8 Å². The van der Waals surface area contributed by atoms with E-state index in [1.165, 1.54) is 0 Å². The van der Waals surface area contributed by atoms with Crippen LogP contribution in [0.3, 0.4) is 0 Å². The monoisotopic (exact) mass is 312 g/mol. The van der Waals surface area contributed by atoms with Crippen LogP contribution in [0.25, 0.3) is 0 Å². The molecule has 2 aromatic rings. The molecule has 2 aromatic carbocycles. The second kappa shape index (κ2) is 6.20. The zero-order valence-corrected chi connectivity index (χ0v) is 13.5. The van der Waals surface area contributed by atoms with Crippen LogP contribution in [-0.2, 0) is 0 Å². The van der Waals surface area contributed by atoms with Crippen LogP contribution in [0.1, 0.15) is 28.9 Å². The number of nitrogens with zero attached hydrogens (tertiary/aromatic N) is 1. The number of hydrogen-bond donors (Lipinski definition) is 1. The van der Waals surface area contributed by atoms with Crippen molar-refractivity contribution >= 4 is 11.6 Å². The summed E-state index contributed by atoms with van der Waals surface area (Å²) < 4.78 is 10.7. The van der Waals surface area contributed by atoms with Gasteiger partial charge in [0.1, 0.15) is 0 Å². The summed E-state index contributed by atoms with van der Waals surface area (Å²) in [7, 11) is 3.90. The van der Waals surface area contributed by atoms with Gasteiger partial charge in [0, 0.05) is 25.3 Å². The molecule has 0 saturated heterocycles. The van der Waals surface area contributed by atoms with Crippen LogP contribution >= 0.6 is 0 Å². The Morgan fingerprint density at radius 2 is 1.91 bits per heavy atom. The molecule has 1 N–H and O–H groups in total. The summed E-state index contributed by atoms with van der Waals surface area (Å²) in [4.78, 5) is 14.4. The van der Waals surface area contributed by atoms with Gasteiger partial charge in [-0.25, -0.2) is 0 Å². The maximum Gasteiger partial charge on any atom is 0.251 e. The first-order valence-electron chi connectivity index (χ1n) is 7.52. The van der Waals surface area contributed by atoms with Crippen molar-refractivity contribution in [1.82, 2.24) is 5.32 Å². The fourth-order valence-corrected chi connectivity index (χ4v) is 2.47. The van der Waals surface area contributed by atoms with Crippen molar-refractivity contribution < 1.29 is 14.3 Å². The minimum atomic E-state index is -0.125. The highest BCUT2D eigenvalue weighted by Crippen LogP contribution is 2.34. The third kappa shape index (κ3) is 3.23. The topological polar surface area (TPSA) is 50.8 Å². The van der Waals surface area contributed by atoms with E-state index in [-0.39, 0.29) is 18.7 Å². The number of nitrogens with one attached hydrogen (secondary N) is 1. The van der Waals surface area contributed by atoms with Gasteiger partial charge in [0.2, 0.25) is 6.79 Å². The number of amides is 1. The van der Waals surface area contributed by atoms with Crippen LogP contribution in [0.5, 0.6) is 11.5 Å². The number of benzene rings is 2. The normalized spacial score (nSPS) is 13.5. The lowest BCUT2D eigenvalue weighted by Gasteiger charge is -2.17. The van der Waals surface area contributed by atoms with Gasteiger partial charge < -0.3 is 19.7 Å². The van der Waals surface area contributed by atoms with Crippen LogP contribution < -0.4 is 19.7 Å². The highest BCUT2D eigenvalue weighted by Gasteiger charge is 2.17. The Hall–Kier alpha value is -2.69. The molecule has 1 aliphatic heterocycles. The lowest BCUT2D eigenvalue weighted by atomic mass is 10.1. The third-order valence-corrected chi connectivity index (χ3v) is 3.87. The zero-order valence-electron chi connectivity index (χ0n) is 13.5. The van der Waals surface area contributed by atoms with Crippen molar-refractivity contribution in [2.24, 2.45) is 0 Å². The maximum absolute atomic E-state index is 12.5. The SMILES string of the molecule is C[C@H](NC(=O)c1cccc(N(C)C)c1)c1ccc2c(c1)OCO2. The number of anilines is 1. The molecule has 1 aliphatic rings. The van der Waals surface area contributed by atoms with Gasteiger partial charge in [-0.1, -0.05) is 12.1 Å². The average molecular weight is 312 g/mol. The molecule has 120 valence electrons. The third-order valence-electron chi connectivity index (χ3n) is 3.87. The smallest absolute Gasteiger partial charge is 0.251 e. The number of carbonyl (C=O) groups excluding carboxylic acids is 1. The predicted molar refractivity (Wildman–Crippen MR) is 89.2 cm³/mol. The van der Waals surface area contributed by atoms with Gasteiger partial charge in [-0.15, -0.1) is 0 Å². The molecule has 0 saturated carbocycles. The lowest BCUT2D eigenvalue weighted by molar-refractivity contribution is 0.0940. The average Bonchev–Trinajstić information content (AvgIpc) is 3.02. The van der Waals surface area contributed by atoms with Crippen molar-refractivity contribution in [3.05, 3.63) is 53.6 Å². The van der Waals surface area contributed by atoms with Crippen LogP contribution in [0.4, 0.5) is 5.69 Å². The molecule has 0 unspecified atom stereocenters. The fraction of sp³-hybridized carbons (Fsp3) is 0.278. The van der Waals surface area contributed by atoms with Gasteiger partial charge in [-0.2, -0.15) is 0 Å². The number of carbonyl (C=O) groups is 1. The number of fused-ring (bicyclic) bond motifs is 1. The van der Waals surface area contributed by atoms with Crippen LogP contribution in [-0.4, -0.2) is 26.8 Å². The van der Waals surface area contributed by atoms with Gasteiger partial charge in [-0.3, -0.25) is 4.79 Å². The summed E-state index contributed by atoms with van der Waals surface area (Å²) in [6.07, 6.45) is 0. The second-order valence-corrected chi connectivity index (χ2v) is 5.75. The van der Waals surface area contributed by atoms with Gasteiger partial charge >= 0.3 is 0 Å². The van der Waals surface area contributed by atoms with E-state index in [0.717, 1.165) is 22.7 Å². The molecule has 1 amide bonds. The number of ether oxygens (including phenoxy) is 2. The van der Waals surface area contributed by atoms with Crippen molar-refractivity contribution in [3.8, 4) is 11.5 Å². The predicted octanol–water partition coefficient (Wildman–Crippen LogP) is 2.97. The Morgan fingerprint density at radius 3 is 2.70 bits per heavy atom. The van der Waals surface area contributed by atoms with Crippen LogP contribution in [0.2, 0.25) is 0 Å². The Bertz CT molecular complexity index is 728. The van der Waals surface area contributed by atoms with E-state index in [2.05, 4.69) is 5.32 Å². The summed E-state index contributed by atoms with van der Waals surface area (Å²) >= 11 is 0.